The predicted octanol–water partition coefficient (Wildman–Crippen LogP) is 19.7. The molecule has 2 aliphatic rings. The van der Waals surface area contributed by atoms with Gasteiger partial charge in [-0.05, 0) is 158 Å². The smallest absolute Gasteiger partial charge is 0.123 e. The van der Waals surface area contributed by atoms with Crippen molar-refractivity contribution in [2.24, 2.45) is 0 Å². The highest BCUT2D eigenvalue weighted by atomic mass is 19.1. The van der Waals surface area contributed by atoms with E-state index in [9.17, 15) is 0 Å². The minimum Gasteiger partial charge on any atom is -0.310 e. The summed E-state index contributed by atoms with van der Waals surface area (Å²) in [7, 11) is 0. The highest BCUT2D eigenvalue weighted by molar-refractivity contribution is 6.20. The Hall–Kier alpha value is -8.73. The second kappa shape index (κ2) is 16.6. The Morgan fingerprint density at radius 3 is 1.30 bits per heavy atom. The van der Waals surface area contributed by atoms with Crippen molar-refractivity contribution in [3.05, 3.63) is 269 Å². The molecule has 2 heterocycles. The highest BCUT2D eigenvalue weighted by Gasteiger charge is 2.53. The van der Waals surface area contributed by atoms with E-state index in [0.29, 0.717) is 0 Å². The summed E-state index contributed by atoms with van der Waals surface area (Å²) < 4.78 is 17.6. The van der Waals surface area contributed by atoms with Gasteiger partial charge in [0, 0.05) is 44.3 Å². The van der Waals surface area contributed by atoms with Gasteiger partial charge < -0.3 is 14.4 Å². The third-order valence-corrected chi connectivity index (χ3v) is 16.6. The minimum absolute atomic E-state index is 0.00666. The molecule has 14 rings (SSSR count). The van der Waals surface area contributed by atoms with E-state index in [-0.39, 0.29) is 16.6 Å². The van der Waals surface area contributed by atoms with Crippen LogP contribution in [0.15, 0.2) is 224 Å². The summed E-state index contributed by atoms with van der Waals surface area (Å²) in [6, 6.07) is 82.3. The van der Waals surface area contributed by atoms with Crippen molar-refractivity contribution in [2.45, 2.75) is 64.7 Å². The van der Waals surface area contributed by atoms with Crippen molar-refractivity contribution >= 4 is 77.5 Å². The molecular weight excluding hydrogens is 926 g/mol. The maximum atomic E-state index is 15.1. The summed E-state index contributed by atoms with van der Waals surface area (Å²) in [5.74, 6) is -0.269. The molecule has 1 atom stereocenters. The molecule has 0 N–H and O–H groups in total. The van der Waals surface area contributed by atoms with Gasteiger partial charge in [-0.1, -0.05) is 187 Å². The third kappa shape index (κ3) is 6.66. The quantitative estimate of drug-likeness (QED) is 0.164. The lowest BCUT2D eigenvalue weighted by molar-refractivity contribution is 0.590. The summed E-state index contributed by atoms with van der Waals surface area (Å²) >= 11 is 0. The van der Waals surface area contributed by atoms with Crippen LogP contribution in [0.3, 0.4) is 0 Å². The first-order valence-electron chi connectivity index (χ1n) is 26.7. The van der Waals surface area contributed by atoms with Gasteiger partial charge in [0.25, 0.3) is 0 Å². The molecule has 76 heavy (non-hydrogen) atoms. The molecule has 11 aromatic carbocycles. The van der Waals surface area contributed by atoms with Crippen LogP contribution in [0.5, 0.6) is 0 Å². The fraction of sp³-hybridized carbons (Fsp3) is 0.139. The van der Waals surface area contributed by atoms with Crippen LogP contribution in [0.2, 0.25) is 0 Å². The lowest BCUT2D eigenvalue weighted by Crippen LogP contribution is -2.34. The maximum absolute atomic E-state index is 15.1. The van der Waals surface area contributed by atoms with Crippen LogP contribution in [0, 0.1) is 12.7 Å². The van der Waals surface area contributed by atoms with Crippen LogP contribution in [0.1, 0.15) is 80.5 Å². The molecule has 0 saturated carbocycles. The molecule has 3 nitrogen and oxygen atoms in total. The molecule has 368 valence electrons. The zero-order valence-electron chi connectivity index (χ0n) is 44.1. The summed E-state index contributed by atoms with van der Waals surface area (Å²) in [5, 5.41) is 7.09. The maximum Gasteiger partial charge on any atom is 0.123 e. The van der Waals surface area contributed by atoms with Crippen LogP contribution in [0.4, 0.5) is 38.5 Å². The average molecular weight is 984 g/mol. The zero-order chi connectivity index (χ0) is 51.8. The van der Waals surface area contributed by atoms with Gasteiger partial charge in [0.2, 0.25) is 0 Å². The Labute approximate surface area is 444 Å². The molecule has 4 heteroatoms. The Bertz CT molecular complexity index is 4100. The monoisotopic (exact) mass is 983 g/mol. The van der Waals surface area contributed by atoms with Gasteiger partial charge in [-0.3, -0.25) is 0 Å². The summed E-state index contributed by atoms with van der Waals surface area (Å²) in [5.41, 5.74) is 20.0. The predicted molar refractivity (Wildman–Crippen MR) is 318 cm³/mol. The minimum atomic E-state index is -0.831. The molecule has 1 aromatic heterocycles. The Balaban J connectivity index is 1.17. The first-order valence-corrected chi connectivity index (χ1v) is 26.7. The number of anilines is 6. The number of hydrogen-bond donors (Lipinski definition) is 0. The van der Waals surface area contributed by atoms with E-state index in [2.05, 4.69) is 263 Å². The normalized spacial score (nSPS) is 14.6. The van der Waals surface area contributed by atoms with Gasteiger partial charge in [-0.2, -0.15) is 0 Å². The number of nitrogens with zero attached hydrogens (tertiary/aromatic N) is 3. The van der Waals surface area contributed by atoms with Crippen molar-refractivity contribution in [2.75, 3.05) is 9.80 Å². The van der Waals surface area contributed by atoms with Crippen LogP contribution in [0.25, 0.3) is 60.2 Å². The Morgan fingerprint density at radius 1 is 0.382 bits per heavy atom. The van der Waals surface area contributed by atoms with Crippen LogP contribution in [-0.2, 0) is 16.2 Å². The molecule has 0 bridgehead atoms. The number of aryl methyl sites for hydroxylation is 1. The van der Waals surface area contributed by atoms with E-state index in [1.54, 1.807) is 12.1 Å². The molecule has 0 saturated heterocycles. The molecular formula is C72H58FN3. The van der Waals surface area contributed by atoms with Crippen molar-refractivity contribution in [3.8, 4) is 16.8 Å². The second-order valence-electron chi connectivity index (χ2n) is 23.1. The Morgan fingerprint density at radius 2 is 0.789 bits per heavy atom. The van der Waals surface area contributed by atoms with E-state index >= 15 is 4.39 Å². The summed E-state index contributed by atoms with van der Waals surface area (Å²) in [6.45, 7) is 15.8. The fourth-order valence-electron chi connectivity index (χ4n) is 13.0. The van der Waals surface area contributed by atoms with Gasteiger partial charge in [-0.25, -0.2) is 4.39 Å². The molecule has 0 fully saturated rings. The fourth-order valence-corrected chi connectivity index (χ4v) is 13.0. The number of para-hydroxylation sites is 3. The largest absolute Gasteiger partial charge is 0.310 e. The van der Waals surface area contributed by atoms with Crippen molar-refractivity contribution in [1.29, 1.82) is 0 Å². The topological polar surface area (TPSA) is 11.4 Å². The van der Waals surface area contributed by atoms with E-state index in [1.807, 2.05) is 12.1 Å². The molecule has 1 unspecified atom stereocenters. The lowest BCUT2D eigenvalue weighted by Gasteiger charge is -2.40. The van der Waals surface area contributed by atoms with Crippen molar-refractivity contribution in [3.63, 3.8) is 0 Å². The molecule has 1 aliphatic heterocycles. The number of fused-ring (bicyclic) bond motifs is 16. The van der Waals surface area contributed by atoms with E-state index < -0.39 is 5.41 Å². The van der Waals surface area contributed by atoms with E-state index in [0.717, 1.165) is 50.6 Å². The third-order valence-electron chi connectivity index (χ3n) is 16.6. The lowest BCUT2D eigenvalue weighted by atomic mass is 9.65. The van der Waals surface area contributed by atoms with Crippen LogP contribution in [-0.4, -0.2) is 4.57 Å². The number of benzene rings is 11. The van der Waals surface area contributed by atoms with E-state index in [4.69, 9.17) is 0 Å². The zero-order valence-corrected chi connectivity index (χ0v) is 44.1. The average Bonchev–Trinajstić information content (AvgIpc) is 4.12. The Kier molecular flexibility index (Phi) is 10.0. The van der Waals surface area contributed by atoms with Crippen molar-refractivity contribution < 1.29 is 4.39 Å². The highest BCUT2D eigenvalue weighted by Crippen LogP contribution is 2.66. The number of hydrogen-bond acceptors (Lipinski definition) is 2. The van der Waals surface area contributed by atoms with Gasteiger partial charge >= 0.3 is 0 Å². The molecule has 0 amide bonds. The first-order chi connectivity index (χ1) is 36.8. The molecule has 1 spiro atoms. The SMILES string of the molecule is Cc1ccc(N(c2ccc(C(C)(C)C)cc2)c2cc3c(c4ccccc24)-c2c(cc(N(c4ccc(F)cc4)c4ccc(C(C)(C)C)cc4)c4ccccc24)C32c3ccccc3-n3c4ccccc4c4cccc2c43)cc1. The second-order valence-corrected chi connectivity index (χ2v) is 23.1. The van der Waals surface area contributed by atoms with Crippen molar-refractivity contribution in [1.82, 2.24) is 4.57 Å². The van der Waals surface area contributed by atoms with E-state index in [1.165, 1.54) is 82.6 Å². The first kappa shape index (κ1) is 45.9. The molecule has 12 aromatic rings. The van der Waals surface area contributed by atoms with Gasteiger partial charge in [0.1, 0.15) is 5.82 Å². The molecule has 0 radical (unpaired) electrons. The standard InChI is InChI=1S/C72H58FN3/c1-45-27-35-49(36-28-45)74(50-37-29-46(30-38-50)70(2,3)4)65-43-61-67(56-20-10-8-17-53(56)65)68-57-21-11-9-18-54(57)66(75(52-41-33-48(73)34-42-52)51-39-31-47(32-40-51)71(5,6)7)44-62(68)72(61)59-23-13-15-26-64(59)76-63-25-14-12-19-55(63)58-22-16-24-60(72)69(58)76/h8-44H,1-7H3. The molecule has 1 aliphatic carbocycles. The number of aromatic nitrogens is 1. The summed E-state index contributed by atoms with van der Waals surface area (Å²) in [4.78, 5) is 4.83. The summed E-state index contributed by atoms with van der Waals surface area (Å²) in [6.07, 6.45) is 0. The number of halogens is 1. The van der Waals surface area contributed by atoms with Gasteiger partial charge in [0.15, 0.2) is 0 Å². The number of rotatable bonds is 6. The van der Waals surface area contributed by atoms with Gasteiger partial charge in [0.05, 0.1) is 33.5 Å². The van der Waals surface area contributed by atoms with Gasteiger partial charge in [-0.15, -0.1) is 0 Å². The van der Waals surface area contributed by atoms with Crippen LogP contribution < -0.4 is 9.80 Å². The van der Waals surface area contributed by atoms with Crippen LogP contribution >= 0.6 is 0 Å².